The highest BCUT2D eigenvalue weighted by atomic mass is 16.7. The number of ether oxygens (including phenoxy) is 4. The van der Waals surface area contributed by atoms with Crippen LogP contribution in [0.2, 0.25) is 0 Å². The molecule has 2 aliphatic heterocycles. The molecular weight excluding hydrogens is 262 g/mol. The first kappa shape index (κ1) is 13.1. The van der Waals surface area contributed by atoms with E-state index in [4.69, 9.17) is 18.9 Å². The lowest BCUT2D eigenvalue weighted by molar-refractivity contribution is -0.101. The summed E-state index contributed by atoms with van der Waals surface area (Å²) in [5.74, 6) is 0.308. The second kappa shape index (κ2) is 4.86. The molecule has 1 N–H and O–H groups in total. The summed E-state index contributed by atoms with van der Waals surface area (Å²) >= 11 is 0. The average molecular weight is 279 g/mol. The maximum absolute atomic E-state index is 11.8. The lowest BCUT2D eigenvalue weighted by Gasteiger charge is -2.31. The van der Waals surface area contributed by atoms with Crippen LogP contribution in [0.25, 0.3) is 0 Å². The van der Waals surface area contributed by atoms with Crippen molar-refractivity contribution in [3.8, 4) is 17.2 Å². The number of hydrogen-bond acceptors (Lipinski definition) is 6. The highest BCUT2D eigenvalue weighted by molar-refractivity contribution is 5.94. The van der Waals surface area contributed by atoms with Gasteiger partial charge in [-0.15, -0.1) is 0 Å². The summed E-state index contributed by atoms with van der Waals surface area (Å²) < 4.78 is 22.1. The minimum absolute atomic E-state index is 0.360. The minimum atomic E-state index is -0.703. The second-order valence-electron chi connectivity index (χ2n) is 4.83. The van der Waals surface area contributed by atoms with Crippen molar-refractivity contribution < 1.29 is 23.7 Å². The van der Waals surface area contributed by atoms with E-state index in [0.717, 1.165) is 13.1 Å². The van der Waals surface area contributed by atoms with Crippen LogP contribution < -0.4 is 19.5 Å². The van der Waals surface area contributed by atoms with E-state index < -0.39 is 11.8 Å². The lowest BCUT2D eigenvalue weighted by atomic mass is 10.1. The fourth-order valence-corrected chi connectivity index (χ4v) is 2.58. The Labute approximate surface area is 117 Å². The molecule has 1 fully saturated rings. The molecule has 1 aromatic carbocycles. The molecule has 0 aliphatic carbocycles. The summed E-state index contributed by atoms with van der Waals surface area (Å²) in [6.07, 6.45) is 1.43. The molecule has 108 valence electrons. The molecule has 0 radical (unpaired) electrons. The van der Waals surface area contributed by atoms with E-state index in [9.17, 15) is 4.79 Å². The van der Waals surface area contributed by atoms with Crippen molar-refractivity contribution in [1.29, 1.82) is 0 Å². The molecule has 0 atom stereocenters. The van der Waals surface area contributed by atoms with Gasteiger partial charge in [0, 0.05) is 25.9 Å². The molecule has 0 bridgehead atoms. The molecule has 0 amide bonds. The first-order valence-corrected chi connectivity index (χ1v) is 6.57. The number of carbonyl (C=O) groups is 1. The Morgan fingerprint density at radius 1 is 1.20 bits per heavy atom. The van der Waals surface area contributed by atoms with Crippen molar-refractivity contribution >= 4 is 5.97 Å². The van der Waals surface area contributed by atoms with E-state index >= 15 is 0 Å². The second-order valence-corrected chi connectivity index (χ2v) is 4.83. The van der Waals surface area contributed by atoms with Gasteiger partial charge in [-0.05, 0) is 12.1 Å². The molecule has 3 rings (SSSR count). The van der Waals surface area contributed by atoms with E-state index in [2.05, 4.69) is 5.32 Å². The largest absolute Gasteiger partial charge is 0.493 e. The third kappa shape index (κ3) is 1.96. The summed E-state index contributed by atoms with van der Waals surface area (Å²) in [7, 11) is 2.90. The van der Waals surface area contributed by atoms with Gasteiger partial charge >= 0.3 is 5.97 Å². The smallest absolute Gasteiger partial charge is 0.341 e. The van der Waals surface area contributed by atoms with Crippen LogP contribution in [-0.2, 0) is 4.74 Å². The zero-order valence-corrected chi connectivity index (χ0v) is 11.5. The molecular formula is C14H17NO5. The Morgan fingerprint density at radius 3 is 2.55 bits per heavy atom. The van der Waals surface area contributed by atoms with Gasteiger partial charge in [0.1, 0.15) is 5.56 Å². The van der Waals surface area contributed by atoms with Gasteiger partial charge in [-0.2, -0.15) is 0 Å². The molecule has 20 heavy (non-hydrogen) atoms. The number of benzene rings is 1. The average Bonchev–Trinajstić information content (AvgIpc) is 2.84. The quantitative estimate of drug-likeness (QED) is 0.824. The highest BCUT2D eigenvalue weighted by Crippen LogP contribution is 2.50. The molecule has 1 saturated heterocycles. The van der Waals surface area contributed by atoms with E-state index in [-0.39, 0.29) is 0 Å². The molecule has 2 aliphatic rings. The van der Waals surface area contributed by atoms with Gasteiger partial charge in [-0.1, -0.05) is 0 Å². The van der Waals surface area contributed by atoms with Crippen LogP contribution in [0, 0.1) is 0 Å². The monoisotopic (exact) mass is 279 g/mol. The lowest BCUT2D eigenvalue weighted by Crippen LogP contribution is -2.48. The van der Waals surface area contributed by atoms with Gasteiger partial charge in [0.2, 0.25) is 5.75 Å². The number of carbonyl (C=O) groups excluding carboxylic acids is 1. The number of rotatable bonds is 2. The predicted molar refractivity (Wildman–Crippen MR) is 70.4 cm³/mol. The molecule has 1 spiro atoms. The number of piperidine rings is 1. The molecule has 0 aromatic heterocycles. The normalized spacial score (nSPS) is 18.9. The topological polar surface area (TPSA) is 66.0 Å². The number of methoxy groups -OCH3 is 2. The van der Waals surface area contributed by atoms with E-state index in [1.165, 1.54) is 7.11 Å². The highest BCUT2D eigenvalue weighted by Gasteiger charge is 2.45. The number of nitrogens with one attached hydrogen (secondary N) is 1. The predicted octanol–water partition coefficient (Wildman–Crippen LogP) is 1.33. The standard InChI is InChI=1S/C14H17NO5/c1-17-10-4-3-9(13(16)18-2)11-12(10)20-14(19-11)5-7-15-8-6-14/h3-4,15H,5-8H2,1-2H3. The van der Waals surface area contributed by atoms with E-state index in [0.29, 0.717) is 35.7 Å². The van der Waals surface area contributed by atoms with Gasteiger partial charge in [0.05, 0.1) is 14.2 Å². The van der Waals surface area contributed by atoms with Crippen LogP contribution in [0.4, 0.5) is 0 Å². The number of hydrogen-bond donors (Lipinski definition) is 1. The Hall–Kier alpha value is -1.95. The third-order valence-electron chi connectivity index (χ3n) is 3.64. The van der Waals surface area contributed by atoms with Gasteiger partial charge < -0.3 is 24.3 Å². The zero-order chi connectivity index (χ0) is 14.2. The van der Waals surface area contributed by atoms with E-state index in [1.54, 1.807) is 19.2 Å². The molecule has 6 nitrogen and oxygen atoms in total. The first-order valence-electron chi connectivity index (χ1n) is 6.57. The molecule has 6 heteroatoms. The third-order valence-corrected chi connectivity index (χ3v) is 3.64. The van der Waals surface area contributed by atoms with Crippen LogP contribution in [0.1, 0.15) is 23.2 Å². The Morgan fingerprint density at radius 2 is 1.90 bits per heavy atom. The maximum Gasteiger partial charge on any atom is 0.341 e. The van der Waals surface area contributed by atoms with Crippen LogP contribution in [0.5, 0.6) is 17.2 Å². The Bertz CT molecular complexity index is 537. The van der Waals surface area contributed by atoms with Crippen LogP contribution in [-0.4, -0.2) is 39.1 Å². The van der Waals surface area contributed by atoms with Crippen molar-refractivity contribution in [2.24, 2.45) is 0 Å². The SMILES string of the molecule is COC(=O)c1ccc(OC)c2c1OC1(CCNCC1)O2. The fourth-order valence-electron chi connectivity index (χ4n) is 2.58. The van der Waals surface area contributed by atoms with Crippen LogP contribution in [0.3, 0.4) is 0 Å². The summed E-state index contributed by atoms with van der Waals surface area (Å²) in [4.78, 5) is 11.8. The molecule has 1 aromatic rings. The molecule has 0 unspecified atom stereocenters. The summed E-state index contributed by atoms with van der Waals surface area (Å²) in [5.41, 5.74) is 0.360. The van der Waals surface area contributed by atoms with Crippen molar-refractivity contribution in [3.05, 3.63) is 17.7 Å². The summed E-state index contributed by atoms with van der Waals surface area (Å²) in [6, 6.07) is 3.32. The van der Waals surface area contributed by atoms with Gasteiger partial charge in [-0.25, -0.2) is 4.79 Å². The van der Waals surface area contributed by atoms with Crippen LogP contribution in [0.15, 0.2) is 12.1 Å². The van der Waals surface area contributed by atoms with E-state index in [1.807, 2.05) is 0 Å². The molecule has 0 saturated carbocycles. The summed E-state index contributed by atoms with van der Waals surface area (Å²) in [6.45, 7) is 1.62. The Balaban J connectivity index is 2.02. The number of esters is 1. The van der Waals surface area contributed by atoms with Crippen molar-refractivity contribution in [3.63, 3.8) is 0 Å². The van der Waals surface area contributed by atoms with Crippen LogP contribution >= 0.6 is 0 Å². The zero-order valence-electron chi connectivity index (χ0n) is 11.5. The van der Waals surface area contributed by atoms with Crippen molar-refractivity contribution in [2.75, 3.05) is 27.3 Å². The van der Waals surface area contributed by atoms with Gasteiger partial charge in [0.15, 0.2) is 11.5 Å². The van der Waals surface area contributed by atoms with Crippen molar-refractivity contribution in [1.82, 2.24) is 5.32 Å². The van der Waals surface area contributed by atoms with Crippen molar-refractivity contribution in [2.45, 2.75) is 18.6 Å². The molecule has 2 heterocycles. The first-order chi connectivity index (χ1) is 9.69. The Kier molecular flexibility index (Phi) is 3.17. The van der Waals surface area contributed by atoms with Gasteiger partial charge in [-0.3, -0.25) is 0 Å². The van der Waals surface area contributed by atoms with Gasteiger partial charge in [0.25, 0.3) is 5.79 Å². The summed E-state index contributed by atoms with van der Waals surface area (Å²) in [5, 5.41) is 3.26. The fraction of sp³-hybridized carbons (Fsp3) is 0.500. The minimum Gasteiger partial charge on any atom is -0.493 e. The maximum atomic E-state index is 11.8. The number of fused-ring (bicyclic) bond motifs is 1.